The van der Waals surface area contributed by atoms with E-state index in [9.17, 15) is 4.79 Å². The molecule has 4 rings (SSSR count). The maximum absolute atomic E-state index is 12.5. The number of hydrogen-bond acceptors (Lipinski definition) is 7. The van der Waals surface area contributed by atoms with Gasteiger partial charge in [0.25, 0.3) is 0 Å². The molecule has 4 aromatic rings. The number of carbonyl (C=O) groups excluding carboxylic acids is 1. The Morgan fingerprint density at radius 3 is 2.68 bits per heavy atom. The minimum Gasteiger partial charge on any atom is -0.496 e. The average Bonchev–Trinajstić information content (AvgIpc) is 3.45. The molecule has 158 valence electrons. The van der Waals surface area contributed by atoms with Gasteiger partial charge in [0, 0.05) is 17.5 Å². The molecular weight excluding hydrogens is 430 g/mol. The molecule has 0 saturated carbocycles. The molecule has 0 aliphatic carbocycles. The van der Waals surface area contributed by atoms with Gasteiger partial charge in [0.15, 0.2) is 16.1 Å². The first-order valence-corrected chi connectivity index (χ1v) is 11.6. The smallest absolute Gasteiger partial charge is 0.236 e. The Kier molecular flexibility index (Phi) is 6.63. The van der Waals surface area contributed by atoms with Gasteiger partial charge in [-0.3, -0.25) is 4.79 Å². The maximum atomic E-state index is 12.5. The summed E-state index contributed by atoms with van der Waals surface area (Å²) in [5.74, 6) is 1.53. The monoisotopic (exact) mass is 451 g/mol. The highest BCUT2D eigenvalue weighted by Gasteiger charge is 2.17. The first-order chi connectivity index (χ1) is 15.2. The average molecular weight is 452 g/mol. The van der Waals surface area contributed by atoms with Crippen molar-refractivity contribution in [1.29, 1.82) is 0 Å². The number of carbonyl (C=O) groups is 1. The number of methoxy groups -OCH3 is 1. The molecule has 0 bridgehead atoms. The molecule has 0 aliphatic rings. The molecule has 2 aromatic heterocycles. The number of thioether (sulfide) groups is 1. The number of para-hydroxylation sites is 1. The second-order valence-corrected chi connectivity index (χ2v) is 8.29. The molecular formula is C22H21N5O2S2. The first-order valence-electron chi connectivity index (χ1n) is 9.69. The van der Waals surface area contributed by atoms with Crippen LogP contribution >= 0.6 is 23.1 Å². The highest BCUT2D eigenvalue weighted by Crippen LogP contribution is 2.31. The van der Waals surface area contributed by atoms with Gasteiger partial charge in [-0.2, -0.15) is 0 Å². The van der Waals surface area contributed by atoms with Crippen LogP contribution in [0.4, 0.5) is 5.13 Å². The summed E-state index contributed by atoms with van der Waals surface area (Å²) in [5.41, 5.74) is 2.74. The van der Waals surface area contributed by atoms with Gasteiger partial charge in [0.2, 0.25) is 5.91 Å². The van der Waals surface area contributed by atoms with Crippen molar-refractivity contribution in [2.45, 2.75) is 18.6 Å². The summed E-state index contributed by atoms with van der Waals surface area (Å²) < 4.78 is 7.43. The van der Waals surface area contributed by atoms with E-state index >= 15 is 0 Å². The fourth-order valence-corrected chi connectivity index (χ4v) is 4.61. The van der Waals surface area contributed by atoms with Crippen LogP contribution in [0.25, 0.3) is 22.6 Å². The summed E-state index contributed by atoms with van der Waals surface area (Å²) in [6.45, 7) is 2.70. The quantitative estimate of drug-likeness (QED) is 0.387. The van der Waals surface area contributed by atoms with Crippen LogP contribution in [0.2, 0.25) is 0 Å². The fraction of sp³-hybridized carbons (Fsp3) is 0.182. The topological polar surface area (TPSA) is 81.9 Å². The van der Waals surface area contributed by atoms with E-state index in [0.29, 0.717) is 16.8 Å². The lowest BCUT2D eigenvalue weighted by Crippen LogP contribution is -2.14. The van der Waals surface area contributed by atoms with E-state index < -0.39 is 0 Å². The Morgan fingerprint density at radius 2 is 1.90 bits per heavy atom. The normalized spacial score (nSPS) is 10.8. The number of thiazole rings is 1. The molecule has 0 saturated heterocycles. The van der Waals surface area contributed by atoms with Crippen molar-refractivity contribution < 1.29 is 9.53 Å². The number of nitrogens with zero attached hydrogens (tertiary/aromatic N) is 4. The highest BCUT2D eigenvalue weighted by atomic mass is 32.2. The van der Waals surface area contributed by atoms with E-state index in [1.54, 1.807) is 7.11 Å². The van der Waals surface area contributed by atoms with E-state index in [-0.39, 0.29) is 11.7 Å². The number of anilines is 1. The number of nitrogens with one attached hydrogen (secondary N) is 1. The van der Waals surface area contributed by atoms with Crippen LogP contribution in [0, 0.1) is 0 Å². The lowest BCUT2D eigenvalue weighted by molar-refractivity contribution is -0.113. The second-order valence-electron chi connectivity index (χ2n) is 6.49. The summed E-state index contributed by atoms with van der Waals surface area (Å²) in [7, 11) is 1.63. The Hall–Kier alpha value is -3.17. The Balaban J connectivity index is 1.42. The van der Waals surface area contributed by atoms with Gasteiger partial charge in [-0.1, -0.05) is 54.2 Å². The van der Waals surface area contributed by atoms with Crippen molar-refractivity contribution >= 4 is 34.1 Å². The van der Waals surface area contributed by atoms with Crippen LogP contribution in [0.5, 0.6) is 5.75 Å². The highest BCUT2D eigenvalue weighted by molar-refractivity contribution is 7.99. The summed E-state index contributed by atoms with van der Waals surface area (Å²) in [6, 6.07) is 17.6. The van der Waals surface area contributed by atoms with Crippen LogP contribution in [0.15, 0.2) is 65.1 Å². The molecule has 31 heavy (non-hydrogen) atoms. The molecule has 0 spiro atoms. The van der Waals surface area contributed by atoms with Crippen molar-refractivity contribution in [2.24, 2.45) is 0 Å². The van der Waals surface area contributed by atoms with Gasteiger partial charge in [-0.15, -0.1) is 21.5 Å². The van der Waals surface area contributed by atoms with Gasteiger partial charge in [0.1, 0.15) is 5.75 Å². The maximum Gasteiger partial charge on any atom is 0.236 e. The van der Waals surface area contributed by atoms with Crippen molar-refractivity contribution in [3.05, 3.63) is 60.0 Å². The van der Waals surface area contributed by atoms with Gasteiger partial charge < -0.3 is 14.6 Å². The lowest BCUT2D eigenvalue weighted by atomic mass is 10.2. The van der Waals surface area contributed by atoms with Gasteiger partial charge >= 0.3 is 0 Å². The Bertz CT molecular complexity index is 1170. The lowest BCUT2D eigenvalue weighted by Gasteiger charge is -2.10. The van der Waals surface area contributed by atoms with Crippen molar-refractivity contribution in [3.63, 3.8) is 0 Å². The minimum atomic E-state index is -0.136. The molecule has 2 aromatic carbocycles. The summed E-state index contributed by atoms with van der Waals surface area (Å²) in [6.07, 6.45) is 0. The molecule has 0 radical (unpaired) electrons. The van der Waals surface area contributed by atoms with Gasteiger partial charge in [-0.25, -0.2) is 4.98 Å². The predicted octanol–water partition coefficient (Wildman–Crippen LogP) is 4.83. The van der Waals surface area contributed by atoms with Crippen molar-refractivity contribution in [2.75, 3.05) is 18.2 Å². The molecule has 7 nitrogen and oxygen atoms in total. The number of rotatable bonds is 8. The number of aromatic nitrogens is 4. The van der Waals surface area contributed by atoms with E-state index in [1.807, 2.05) is 71.5 Å². The zero-order valence-electron chi connectivity index (χ0n) is 17.1. The van der Waals surface area contributed by atoms with Crippen LogP contribution < -0.4 is 10.1 Å². The number of ether oxygens (including phenoxy) is 1. The van der Waals surface area contributed by atoms with Crippen LogP contribution in [0.3, 0.4) is 0 Å². The molecule has 0 unspecified atom stereocenters. The SMILES string of the molecule is CCn1c(SCC(=O)Nc2nc(-c3ccccc3)cs2)nnc1-c1ccccc1OC. The molecule has 0 atom stereocenters. The van der Waals surface area contributed by atoms with E-state index in [4.69, 9.17) is 4.74 Å². The third-order valence-corrected chi connectivity index (χ3v) is 6.26. The standard InChI is InChI=1S/C22H21N5O2S2/c1-3-27-20(16-11-7-8-12-18(16)29-2)25-26-22(27)31-14-19(28)24-21-23-17(13-30-21)15-9-5-4-6-10-15/h4-13H,3,14H2,1-2H3,(H,23,24,28). The molecule has 0 aliphatic heterocycles. The van der Waals surface area contributed by atoms with Crippen molar-refractivity contribution in [3.8, 4) is 28.4 Å². The van der Waals surface area contributed by atoms with Gasteiger partial charge in [-0.05, 0) is 19.1 Å². The van der Waals surface area contributed by atoms with E-state index in [2.05, 4.69) is 20.5 Å². The third kappa shape index (κ3) is 4.78. The largest absolute Gasteiger partial charge is 0.496 e. The number of amides is 1. The zero-order chi connectivity index (χ0) is 21.6. The predicted molar refractivity (Wildman–Crippen MR) is 125 cm³/mol. The zero-order valence-corrected chi connectivity index (χ0v) is 18.7. The van der Waals surface area contributed by atoms with Crippen LogP contribution in [0.1, 0.15) is 6.92 Å². The fourth-order valence-electron chi connectivity index (χ4n) is 3.07. The molecule has 2 heterocycles. The van der Waals surface area contributed by atoms with Crippen LogP contribution in [-0.2, 0) is 11.3 Å². The molecule has 1 N–H and O–H groups in total. The van der Waals surface area contributed by atoms with Crippen LogP contribution in [-0.4, -0.2) is 38.5 Å². The second kappa shape index (κ2) is 9.76. The molecule has 9 heteroatoms. The Labute approximate surface area is 188 Å². The minimum absolute atomic E-state index is 0.136. The molecule has 0 fully saturated rings. The Morgan fingerprint density at radius 1 is 1.13 bits per heavy atom. The number of benzene rings is 2. The number of hydrogen-bond donors (Lipinski definition) is 1. The summed E-state index contributed by atoms with van der Waals surface area (Å²) in [4.78, 5) is 17.0. The summed E-state index contributed by atoms with van der Waals surface area (Å²) >= 11 is 2.75. The molecule has 1 amide bonds. The van der Waals surface area contributed by atoms with Gasteiger partial charge in [0.05, 0.1) is 24.1 Å². The van der Waals surface area contributed by atoms with Crippen molar-refractivity contribution in [1.82, 2.24) is 19.7 Å². The first kappa shape index (κ1) is 21.1. The summed E-state index contributed by atoms with van der Waals surface area (Å²) in [5, 5.41) is 14.7. The third-order valence-electron chi connectivity index (χ3n) is 4.53. The van der Waals surface area contributed by atoms with E-state index in [0.717, 1.165) is 28.4 Å². The van der Waals surface area contributed by atoms with E-state index in [1.165, 1.54) is 23.1 Å².